The Morgan fingerprint density at radius 3 is 2.96 bits per heavy atom. The second-order valence-electron chi connectivity index (χ2n) is 5.51. The summed E-state index contributed by atoms with van der Waals surface area (Å²) >= 11 is 0. The Kier molecular flexibility index (Phi) is 3.38. The van der Waals surface area contributed by atoms with E-state index >= 15 is 0 Å². The Hall–Kier alpha value is -3.43. The van der Waals surface area contributed by atoms with Crippen LogP contribution in [0.25, 0.3) is 16.8 Å². The normalized spacial score (nSPS) is 11.3. The zero-order valence-electron chi connectivity index (χ0n) is 14.0. The van der Waals surface area contributed by atoms with Crippen LogP contribution >= 0.6 is 0 Å². The third-order valence-electron chi connectivity index (χ3n) is 3.89. The van der Waals surface area contributed by atoms with E-state index in [1.807, 2.05) is 26.1 Å². The highest BCUT2D eigenvalue weighted by atomic mass is 16.7. The number of anilines is 2. The average molecular weight is 340 g/mol. The maximum atomic E-state index is 12.2. The van der Waals surface area contributed by atoms with Crippen LogP contribution in [0, 0.1) is 6.92 Å². The van der Waals surface area contributed by atoms with Gasteiger partial charge >= 0.3 is 5.69 Å². The van der Waals surface area contributed by atoms with E-state index < -0.39 is 0 Å². The molecule has 128 valence electrons. The minimum Gasteiger partial charge on any atom is -0.408 e. The van der Waals surface area contributed by atoms with E-state index in [4.69, 9.17) is 4.84 Å². The van der Waals surface area contributed by atoms with Crippen molar-refractivity contribution in [2.45, 2.75) is 13.8 Å². The van der Waals surface area contributed by atoms with Crippen molar-refractivity contribution in [2.24, 2.45) is 7.05 Å². The molecular weight excluding hydrogens is 324 g/mol. The number of hydrogen-bond donors (Lipinski definition) is 1. The first-order valence-electron chi connectivity index (χ1n) is 7.73. The van der Waals surface area contributed by atoms with E-state index in [-0.39, 0.29) is 5.69 Å². The van der Waals surface area contributed by atoms with Gasteiger partial charge < -0.3 is 10.2 Å². The van der Waals surface area contributed by atoms with Gasteiger partial charge in [0, 0.05) is 7.05 Å². The Morgan fingerprint density at radius 1 is 1.32 bits per heavy atom. The molecule has 1 N–H and O–H groups in total. The van der Waals surface area contributed by atoms with Gasteiger partial charge in [0.2, 0.25) is 11.6 Å². The molecule has 0 radical (unpaired) electrons. The summed E-state index contributed by atoms with van der Waals surface area (Å²) in [4.78, 5) is 30.5. The van der Waals surface area contributed by atoms with Gasteiger partial charge in [-0.2, -0.15) is 10.1 Å². The molecular formula is C15H16N8O2. The number of imidazole rings is 1. The standard InChI is InChI=1S/C15H16N8O2/c1-4-25-23-13-11(21(3)15(23)24)6-16-14(20-13)19-10-7-22-12(5-9(10)2)17-8-18-22/h5-8H,4H2,1-3H3,(H,16,19,20). The average Bonchev–Trinajstić information content (AvgIpc) is 3.14. The quantitative estimate of drug-likeness (QED) is 0.582. The monoisotopic (exact) mass is 340 g/mol. The molecule has 0 unspecified atom stereocenters. The largest absolute Gasteiger partial charge is 0.408 e. The SMILES string of the molecule is CCOn1c(=O)n(C)c2cnc(Nc3cn4ncnc4cc3C)nc21. The van der Waals surface area contributed by atoms with Crippen molar-refractivity contribution in [1.29, 1.82) is 0 Å². The Labute approximate surface area is 141 Å². The molecule has 0 atom stereocenters. The fourth-order valence-corrected chi connectivity index (χ4v) is 2.60. The summed E-state index contributed by atoms with van der Waals surface area (Å²) in [5.74, 6) is 0.356. The lowest BCUT2D eigenvalue weighted by Gasteiger charge is -2.09. The molecule has 25 heavy (non-hydrogen) atoms. The summed E-state index contributed by atoms with van der Waals surface area (Å²) in [5, 5.41) is 7.27. The van der Waals surface area contributed by atoms with Crippen LogP contribution in [0.3, 0.4) is 0 Å². The topological polar surface area (TPSA) is 104 Å². The molecule has 0 aliphatic heterocycles. The molecule has 10 heteroatoms. The summed E-state index contributed by atoms with van der Waals surface area (Å²) in [7, 11) is 1.65. The van der Waals surface area contributed by atoms with Crippen LogP contribution in [-0.4, -0.2) is 40.5 Å². The van der Waals surface area contributed by atoms with Gasteiger partial charge in [-0.15, -0.1) is 4.73 Å². The second-order valence-corrected chi connectivity index (χ2v) is 5.51. The Morgan fingerprint density at radius 2 is 2.16 bits per heavy atom. The lowest BCUT2D eigenvalue weighted by molar-refractivity contribution is 0.120. The highest BCUT2D eigenvalue weighted by Crippen LogP contribution is 2.20. The highest BCUT2D eigenvalue weighted by molar-refractivity contribution is 5.72. The smallest absolute Gasteiger partial charge is 0.363 e. The maximum Gasteiger partial charge on any atom is 0.363 e. The van der Waals surface area contributed by atoms with Gasteiger partial charge in [-0.1, -0.05) is 0 Å². The minimum atomic E-state index is -0.302. The molecule has 0 amide bonds. The van der Waals surface area contributed by atoms with Gasteiger partial charge in [0.25, 0.3) is 0 Å². The fraction of sp³-hybridized carbons (Fsp3) is 0.267. The molecule has 4 aromatic heterocycles. The van der Waals surface area contributed by atoms with Gasteiger partial charge in [0.15, 0.2) is 5.65 Å². The molecule has 0 spiro atoms. The van der Waals surface area contributed by atoms with E-state index in [1.165, 1.54) is 15.6 Å². The number of rotatable bonds is 4. The maximum absolute atomic E-state index is 12.2. The van der Waals surface area contributed by atoms with E-state index in [9.17, 15) is 4.79 Å². The van der Waals surface area contributed by atoms with E-state index in [2.05, 4.69) is 25.4 Å². The van der Waals surface area contributed by atoms with Gasteiger partial charge in [0.05, 0.1) is 18.1 Å². The molecule has 10 nitrogen and oxygen atoms in total. The van der Waals surface area contributed by atoms with Crippen molar-refractivity contribution in [1.82, 2.24) is 33.9 Å². The summed E-state index contributed by atoms with van der Waals surface area (Å²) in [5.41, 5.74) is 3.22. The van der Waals surface area contributed by atoms with Gasteiger partial charge in [-0.05, 0) is 25.5 Å². The lowest BCUT2D eigenvalue weighted by atomic mass is 10.2. The van der Waals surface area contributed by atoms with Crippen LogP contribution in [0.15, 0.2) is 29.6 Å². The van der Waals surface area contributed by atoms with Gasteiger partial charge in [0.1, 0.15) is 18.5 Å². The zero-order valence-corrected chi connectivity index (χ0v) is 14.0. The molecule has 4 aromatic rings. The van der Waals surface area contributed by atoms with E-state index in [1.54, 1.807) is 17.8 Å². The van der Waals surface area contributed by atoms with Crippen LogP contribution < -0.4 is 15.8 Å². The number of nitrogens with one attached hydrogen (secondary N) is 1. The number of fused-ring (bicyclic) bond motifs is 2. The Bertz CT molecular complexity index is 1140. The van der Waals surface area contributed by atoms with Crippen LogP contribution in [0.1, 0.15) is 12.5 Å². The number of aryl methyl sites for hydroxylation is 2. The summed E-state index contributed by atoms with van der Waals surface area (Å²) in [6.07, 6.45) is 4.89. The predicted octanol–water partition coefficient (Wildman–Crippen LogP) is 0.673. The molecule has 0 aliphatic rings. The Balaban J connectivity index is 1.79. The van der Waals surface area contributed by atoms with Crippen molar-refractivity contribution < 1.29 is 4.84 Å². The summed E-state index contributed by atoms with van der Waals surface area (Å²) < 4.78 is 4.28. The van der Waals surface area contributed by atoms with Crippen molar-refractivity contribution in [2.75, 3.05) is 11.9 Å². The summed E-state index contributed by atoms with van der Waals surface area (Å²) in [6, 6.07) is 1.91. The highest BCUT2D eigenvalue weighted by Gasteiger charge is 2.15. The van der Waals surface area contributed by atoms with Crippen LogP contribution in [0.5, 0.6) is 0 Å². The van der Waals surface area contributed by atoms with E-state index in [0.717, 1.165) is 16.9 Å². The first-order valence-corrected chi connectivity index (χ1v) is 7.73. The van der Waals surface area contributed by atoms with Crippen LogP contribution in [0.4, 0.5) is 11.6 Å². The van der Waals surface area contributed by atoms with Crippen LogP contribution in [-0.2, 0) is 7.05 Å². The van der Waals surface area contributed by atoms with Crippen LogP contribution in [0.2, 0.25) is 0 Å². The fourth-order valence-electron chi connectivity index (χ4n) is 2.60. The van der Waals surface area contributed by atoms with Crippen molar-refractivity contribution in [3.63, 3.8) is 0 Å². The first kappa shape index (κ1) is 15.1. The number of hydrogen-bond acceptors (Lipinski definition) is 7. The molecule has 0 saturated heterocycles. The van der Waals surface area contributed by atoms with Crippen molar-refractivity contribution >= 4 is 28.4 Å². The molecule has 4 rings (SSSR count). The predicted molar refractivity (Wildman–Crippen MR) is 90.9 cm³/mol. The summed E-state index contributed by atoms with van der Waals surface area (Å²) in [6.45, 7) is 4.12. The lowest BCUT2D eigenvalue weighted by Crippen LogP contribution is -2.28. The molecule has 4 heterocycles. The number of nitrogens with zero attached hydrogens (tertiary/aromatic N) is 7. The molecule has 0 fully saturated rings. The van der Waals surface area contributed by atoms with Gasteiger partial charge in [-0.3, -0.25) is 4.57 Å². The van der Waals surface area contributed by atoms with E-state index in [0.29, 0.717) is 23.7 Å². The second kappa shape index (κ2) is 5.58. The third kappa shape index (κ3) is 2.38. The number of pyridine rings is 1. The first-order chi connectivity index (χ1) is 12.1. The third-order valence-corrected chi connectivity index (χ3v) is 3.89. The van der Waals surface area contributed by atoms with Crippen molar-refractivity contribution in [3.05, 3.63) is 40.8 Å². The molecule has 0 saturated carbocycles. The number of aromatic nitrogens is 7. The van der Waals surface area contributed by atoms with Crippen molar-refractivity contribution in [3.8, 4) is 0 Å². The zero-order chi connectivity index (χ0) is 17.6. The molecule has 0 bridgehead atoms. The molecule has 0 aromatic carbocycles. The van der Waals surface area contributed by atoms with Gasteiger partial charge in [-0.25, -0.2) is 19.3 Å². The molecule has 0 aliphatic carbocycles. The minimum absolute atomic E-state index is 0.302.